The van der Waals surface area contributed by atoms with Gasteiger partial charge in [-0.2, -0.15) is 0 Å². The van der Waals surface area contributed by atoms with Crippen molar-refractivity contribution in [3.63, 3.8) is 0 Å². The molecule has 2 atom stereocenters. The molecule has 3 heteroatoms. The number of ether oxygens (including phenoxy) is 1. The average Bonchev–Trinajstić information content (AvgIpc) is 2.29. The van der Waals surface area contributed by atoms with Gasteiger partial charge in [0.2, 0.25) is 0 Å². The lowest BCUT2D eigenvalue weighted by Crippen LogP contribution is -2.21. The molecule has 3 nitrogen and oxygen atoms in total. The van der Waals surface area contributed by atoms with E-state index in [-0.39, 0.29) is 24.1 Å². The highest BCUT2D eigenvalue weighted by Gasteiger charge is 2.43. The van der Waals surface area contributed by atoms with Crippen LogP contribution in [-0.4, -0.2) is 23.8 Å². The van der Waals surface area contributed by atoms with Crippen molar-refractivity contribution >= 4 is 5.97 Å². The summed E-state index contributed by atoms with van der Waals surface area (Å²) in [7, 11) is 0. The summed E-state index contributed by atoms with van der Waals surface area (Å²) in [6.07, 6.45) is 2.22. The molecule has 0 radical (unpaired) electrons. The highest BCUT2D eigenvalue weighted by Crippen LogP contribution is 2.37. The summed E-state index contributed by atoms with van der Waals surface area (Å²) in [6.45, 7) is 3.91. The quantitative estimate of drug-likeness (QED) is 0.648. The van der Waals surface area contributed by atoms with Crippen LogP contribution in [0.1, 0.15) is 33.1 Å². The first kappa shape index (κ1) is 9.52. The minimum absolute atomic E-state index is 0.0506. The molecule has 1 aliphatic rings. The van der Waals surface area contributed by atoms with E-state index in [2.05, 4.69) is 0 Å². The molecule has 0 aromatic rings. The summed E-state index contributed by atoms with van der Waals surface area (Å²) in [5, 5.41) is 8.81. The number of hydrogen-bond donors (Lipinski definition) is 1. The molecule has 1 aliphatic heterocycles. The summed E-state index contributed by atoms with van der Waals surface area (Å²) in [5.74, 6) is -0.150. The summed E-state index contributed by atoms with van der Waals surface area (Å²) in [5.41, 5.74) is -0.345. The molecular formula is C9H16O3. The van der Waals surface area contributed by atoms with Crippen LogP contribution < -0.4 is 0 Å². The van der Waals surface area contributed by atoms with Gasteiger partial charge in [-0.1, -0.05) is 13.3 Å². The normalized spacial score (nSPS) is 35.2. The van der Waals surface area contributed by atoms with E-state index in [4.69, 9.17) is 9.84 Å². The van der Waals surface area contributed by atoms with Gasteiger partial charge in [0, 0.05) is 6.42 Å². The second kappa shape index (κ2) is 3.44. The van der Waals surface area contributed by atoms with Gasteiger partial charge >= 0.3 is 5.97 Å². The fourth-order valence-electron chi connectivity index (χ4n) is 1.78. The largest absolute Gasteiger partial charge is 0.459 e. The first-order valence-electron chi connectivity index (χ1n) is 4.44. The number of aliphatic hydroxyl groups excluding tert-OH is 1. The SMILES string of the molecule is CCCC1(C)C[C@@H](CO)OC1=O. The molecule has 1 N–H and O–H groups in total. The zero-order chi connectivity index (χ0) is 9.19. The van der Waals surface area contributed by atoms with Gasteiger partial charge in [0.05, 0.1) is 12.0 Å². The van der Waals surface area contributed by atoms with Gasteiger partial charge < -0.3 is 9.84 Å². The number of aliphatic hydroxyl groups is 1. The van der Waals surface area contributed by atoms with Gasteiger partial charge in [-0.3, -0.25) is 4.79 Å². The Balaban J connectivity index is 2.61. The Morgan fingerprint density at radius 2 is 2.42 bits per heavy atom. The predicted octanol–water partition coefficient (Wildman–Crippen LogP) is 1.10. The van der Waals surface area contributed by atoms with Crippen LogP contribution in [0.4, 0.5) is 0 Å². The molecule has 12 heavy (non-hydrogen) atoms. The van der Waals surface area contributed by atoms with E-state index >= 15 is 0 Å². The van der Waals surface area contributed by atoms with Gasteiger partial charge in [-0.25, -0.2) is 0 Å². The third-order valence-corrected chi connectivity index (χ3v) is 2.45. The lowest BCUT2D eigenvalue weighted by Gasteiger charge is -2.16. The van der Waals surface area contributed by atoms with Gasteiger partial charge in [-0.05, 0) is 13.3 Å². The topological polar surface area (TPSA) is 46.5 Å². The van der Waals surface area contributed by atoms with E-state index in [1.807, 2.05) is 13.8 Å². The molecule has 70 valence electrons. The smallest absolute Gasteiger partial charge is 0.312 e. The van der Waals surface area contributed by atoms with Crippen LogP contribution in [-0.2, 0) is 9.53 Å². The van der Waals surface area contributed by atoms with E-state index in [1.54, 1.807) is 0 Å². The molecule has 1 saturated heterocycles. The van der Waals surface area contributed by atoms with Gasteiger partial charge in [0.25, 0.3) is 0 Å². The third kappa shape index (κ3) is 1.61. The minimum Gasteiger partial charge on any atom is -0.459 e. The Morgan fingerprint density at radius 3 is 2.83 bits per heavy atom. The Bertz CT molecular complexity index is 179. The molecule has 0 bridgehead atoms. The van der Waals surface area contributed by atoms with Crippen LogP contribution >= 0.6 is 0 Å². The van der Waals surface area contributed by atoms with Gasteiger partial charge in [-0.15, -0.1) is 0 Å². The third-order valence-electron chi connectivity index (χ3n) is 2.45. The zero-order valence-electron chi connectivity index (χ0n) is 7.67. The summed E-state index contributed by atoms with van der Waals surface area (Å²) in [4.78, 5) is 11.3. The van der Waals surface area contributed by atoms with Crippen molar-refractivity contribution in [2.75, 3.05) is 6.61 Å². The molecule has 0 spiro atoms. The van der Waals surface area contributed by atoms with Gasteiger partial charge in [0.1, 0.15) is 6.10 Å². The van der Waals surface area contributed by atoms with E-state index in [9.17, 15) is 4.79 Å². The van der Waals surface area contributed by atoms with Crippen LogP contribution in [0.25, 0.3) is 0 Å². The van der Waals surface area contributed by atoms with Crippen molar-refractivity contribution in [2.24, 2.45) is 5.41 Å². The molecule has 1 fully saturated rings. The summed E-state index contributed by atoms with van der Waals surface area (Å²) >= 11 is 0. The number of cyclic esters (lactones) is 1. The van der Waals surface area contributed by atoms with Crippen molar-refractivity contribution in [3.8, 4) is 0 Å². The molecule has 0 aliphatic carbocycles. The number of rotatable bonds is 3. The van der Waals surface area contributed by atoms with Crippen molar-refractivity contribution in [1.82, 2.24) is 0 Å². The molecule has 0 saturated carbocycles. The molecule has 1 unspecified atom stereocenters. The average molecular weight is 172 g/mol. The highest BCUT2D eigenvalue weighted by atomic mass is 16.6. The van der Waals surface area contributed by atoms with Crippen molar-refractivity contribution in [3.05, 3.63) is 0 Å². The molecule has 0 aromatic heterocycles. The second-order valence-electron chi connectivity index (χ2n) is 3.72. The second-order valence-corrected chi connectivity index (χ2v) is 3.72. The molecule has 0 amide bonds. The van der Waals surface area contributed by atoms with Crippen molar-refractivity contribution < 1.29 is 14.6 Å². The Kier molecular flexibility index (Phi) is 2.73. The number of esters is 1. The number of hydrogen-bond acceptors (Lipinski definition) is 3. The molecule has 1 rings (SSSR count). The maximum absolute atomic E-state index is 11.3. The number of carbonyl (C=O) groups excluding carboxylic acids is 1. The molecular weight excluding hydrogens is 156 g/mol. The van der Waals surface area contributed by atoms with Crippen LogP contribution in [0.2, 0.25) is 0 Å². The summed E-state index contributed by atoms with van der Waals surface area (Å²) < 4.78 is 4.99. The maximum atomic E-state index is 11.3. The number of carbonyl (C=O) groups is 1. The van der Waals surface area contributed by atoms with Crippen LogP contribution in [0.5, 0.6) is 0 Å². The van der Waals surface area contributed by atoms with Crippen molar-refractivity contribution in [2.45, 2.75) is 39.2 Å². The van der Waals surface area contributed by atoms with Crippen LogP contribution in [0.3, 0.4) is 0 Å². The van der Waals surface area contributed by atoms with Crippen molar-refractivity contribution in [1.29, 1.82) is 0 Å². The fraction of sp³-hybridized carbons (Fsp3) is 0.889. The Hall–Kier alpha value is -0.570. The minimum atomic E-state index is -0.345. The van der Waals surface area contributed by atoms with Crippen LogP contribution in [0.15, 0.2) is 0 Å². The standard InChI is InChI=1S/C9H16O3/c1-3-4-9(2)5-7(6-10)12-8(9)11/h7,10H,3-6H2,1-2H3/t7-,9?/m0/s1. The Labute approximate surface area is 72.7 Å². The van der Waals surface area contributed by atoms with E-state index in [0.29, 0.717) is 6.42 Å². The van der Waals surface area contributed by atoms with Crippen LogP contribution in [0, 0.1) is 5.41 Å². The van der Waals surface area contributed by atoms with Gasteiger partial charge in [0.15, 0.2) is 0 Å². The molecule has 1 heterocycles. The van der Waals surface area contributed by atoms with E-state index < -0.39 is 0 Å². The molecule has 0 aromatic carbocycles. The lowest BCUT2D eigenvalue weighted by atomic mass is 9.83. The fourth-order valence-corrected chi connectivity index (χ4v) is 1.78. The zero-order valence-corrected chi connectivity index (χ0v) is 7.67. The predicted molar refractivity (Wildman–Crippen MR) is 44.6 cm³/mol. The van der Waals surface area contributed by atoms with E-state index in [0.717, 1.165) is 12.8 Å². The summed E-state index contributed by atoms with van der Waals surface area (Å²) in [6, 6.07) is 0. The maximum Gasteiger partial charge on any atom is 0.312 e. The van der Waals surface area contributed by atoms with E-state index in [1.165, 1.54) is 0 Å². The first-order chi connectivity index (χ1) is 5.62. The lowest BCUT2D eigenvalue weighted by molar-refractivity contribution is -0.149. The first-order valence-corrected chi connectivity index (χ1v) is 4.44. The monoisotopic (exact) mass is 172 g/mol. The Morgan fingerprint density at radius 1 is 1.75 bits per heavy atom. The highest BCUT2D eigenvalue weighted by molar-refractivity contribution is 5.78.